The molecule has 6 nitrogen and oxygen atoms in total. The summed E-state index contributed by atoms with van der Waals surface area (Å²) in [5.74, 6) is -1.53. The first kappa shape index (κ1) is 16.7. The molecule has 0 fully saturated rings. The number of hydrogen-bond acceptors (Lipinski definition) is 4. The van der Waals surface area contributed by atoms with E-state index in [2.05, 4.69) is 10.1 Å². The van der Waals surface area contributed by atoms with Crippen molar-refractivity contribution in [3.63, 3.8) is 0 Å². The molecule has 0 radical (unpaired) electrons. The van der Waals surface area contributed by atoms with Gasteiger partial charge < -0.3 is 15.8 Å². The van der Waals surface area contributed by atoms with Gasteiger partial charge in [-0.25, -0.2) is 0 Å². The van der Waals surface area contributed by atoms with E-state index in [1.807, 2.05) is 19.9 Å². The van der Waals surface area contributed by atoms with Crippen molar-refractivity contribution in [3.05, 3.63) is 34.9 Å². The fourth-order valence-corrected chi connectivity index (χ4v) is 2.00. The first-order chi connectivity index (χ1) is 9.83. The van der Waals surface area contributed by atoms with E-state index in [9.17, 15) is 14.4 Å². The molecule has 114 valence electrons. The molecule has 0 saturated carbocycles. The van der Waals surface area contributed by atoms with E-state index in [-0.39, 0.29) is 12.8 Å². The average Bonchev–Trinajstić information content (AvgIpc) is 2.41. The maximum Gasteiger partial charge on any atom is 0.305 e. The molecule has 2 amide bonds. The van der Waals surface area contributed by atoms with Crippen molar-refractivity contribution >= 4 is 17.8 Å². The number of nitrogens with one attached hydrogen (secondary N) is 1. The lowest BCUT2D eigenvalue weighted by Crippen LogP contribution is -2.44. The molecule has 0 saturated heterocycles. The van der Waals surface area contributed by atoms with Crippen LogP contribution in [0.2, 0.25) is 0 Å². The second-order valence-electron chi connectivity index (χ2n) is 4.92. The molecule has 0 bridgehead atoms. The van der Waals surface area contributed by atoms with Gasteiger partial charge in [0.1, 0.15) is 6.04 Å². The Kier molecular flexibility index (Phi) is 5.90. The van der Waals surface area contributed by atoms with E-state index in [0.29, 0.717) is 5.56 Å². The summed E-state index contributed by atoms with van der Waals surface area (Å²) in [5.41, 5.74) is 7.60. The van der Waals surface area contributed by atoms with Crippen LogP contribution in [0.3, 0.4) is 0 Å². The van der Waals surface area contributed by atoms with Crippen LogP contribution in [0.4, 0.5) is 0 Å². The fraction of sp³-hybridized carbons (Fsp3) is 0.400. The van der Waals surface area contributed by atoms with Gasteiger partial charge in [0, 0.05) is 12.0 Å². The molecule has 3 N–H and O–H groups in total. The van der Waals surface area contributed by atoms with Crippen LogP contribution in [0.15, 0.2) is 18.2 Å². The molecule has 21 heavy (non-hydrogen) atoms. The minimum atomic E-state index is -0.905. The molecule has 1 aromatic rings. The minimum Gasteiger partial charge on any atom is -0.469 e. The number of esters is 1. The molecule has 0 aromatic heterocycles. The van der Waals surface area contributed by atoms with Gasteiger partial charge in [0.15, 0.2) is 0 Å². The van der Waals surface area contributed by atoms with Crippen LogP contribution in [0.25, 0.3) is 0 Å². The molecule has 1 atom stereocenters. The van der Waals surface area contributed by atoms with Gasteiger partial charge in [0.2, 0.25) is 5.91 Å². The molecule has 0 spiro atoms. The van der Waals surface area contributed by atoms with E-state index < -0.39 is 23.8 Å². The number of ether oxygens (including phenoxy) is 1. The molecular weight excluding hydrogens is 272 g/mol. The van der Waals surface area contributed by atoms with Gasteiger partial charge in [-0.3, -0.25) is 14.4 Å². The number of rotatable bonds is 6. The lowest BCUT2D eigenvalue weighted by molar-refractivity contribution is -0.140. The van der Waals surface area contributed by atoms with Gasteiger partial charge in [0.05, 0.1) is 7.11 Å². The summed E-state index contributed by atoms with van der Waals surface area (Å²) in [7, 11) is 1.26. The Bertz CT molecular complexity index is 534. The number of primary amides is 1. The Balaban J connectivity index is 2.76. The zero-order valence-electron chi connectivity index (χ0n) is 12.4. The zero-order valence-corrected chi connectivity index (χ0v) is 12.4. The second kappa shape index (κ2) is 7.42. The molecule has 0 unspecified atom stereocenters. The third-order valence-corrected chi connectivity index (χ3v) is 3.00. The van der Waals surface area contributed by atoms with Crippen molar-refractivity contribution in [1.82, 2.24) is 5.32 Å². The number of nitrogens with two attached hydrogens (primary N) is 1. The highest BCUT2D eigenvalue weighted by molar-refractivity contribution is 5.97. The van der Waals surface area contributed by atoms with Crippen LogP contribution in [-0.4, -0.2) is 30.9 Å². The lowest BCUT2D eigenvalue weighted by Gasteiger charge is -2.15. The van der Waals surface area contributed by atoms with Crippen molar-refractivity contribution in [3.8, 4) is 0 Å². The summed E-state index contributed by atoms with van der Waals surface area (Å²) in [5, 5.41) is 2.55. The summed E-state index contributed by atoms with van der Waals surface area (Å²) in [6, 6.07) is 4.48. The normalized spacial score (nSPS) is 11.6. The minimum absolute atomic E-state index is 0.0111. The van der Waals surface area contributed by atoms with Gasteiger partial charge in [-0.05, 0) is 32.4 Å². The second-order valence-corrected chi connectivity index (χ2v) is 4.92. The molecular formula is C15H20N2O4. The summed E-state index contributed by atoms with van der Waals surface area (Å²) in [4.78, 5) is 34.6. The quantitative estimate of drug-likeness (QED) is 0.759. The molecule has 1 rings (SSSR count). The Morgan fingerprint density at radius 2 is 1.76 bits per heavy atom. The topological polar surface area (TPSA) is 98.5 Å². The molecule has 0 aliphatic carbocycles. The van der Waals surface area contributed by atoms with Crippen molar-refractivity contribution < 1.29 is 19.1 Å². The van der Waals surface area contributed by atoms with Gasteiger partial charge in [-0.2, -0.15) is 0 Å². The highest BCUT2D eigenvalue weighted by Gasteiger charge is 2.20. The van der Waals surface area contributed by atoms with Crippen molar-refractivity contribution in [1.29, 1.82) is 0 Å². The smallest absolute Gasteiger partial charge is 0.305 e. The molecule has 1 aromatic carbocycles. The molecule has 0 aliphatic rings. The van der Waals surface area contributed by atoms with E-state index >= 15 is 0 Å². The number of aryl methyl sites for hydroxylation is 2. The van der Waals surface area contributed by atoms with E-state index in [4.69, 9.17) is 5.73 Å². The zero-order chi connectivity index (χ0) is 16.0. The van der Waals surface area contributed by atoms with Crippen LogP contribution >= 0.6 is 0 Å². The van der Waals surface area contributed by atoms with Crippen LogP contribution < -0.4 is 11.1 Å². The third-order valence-electron chi connectivity index (χ3n) is 3.00. The fourth-order valence-electron chi connectivity index (χ4n) is 2.00. The van der Waals surface area contributed by atoms with E-state index in [0.717, 1.165) is 11.1 Å². The first-order valence-corrected chi connectivity index (χ1v) is 6.58. The van der Waals surface area contributed by atoms with E-state index in [1.54, 1.807) is 12.1 Å². The number of amides is 2. The van der Waals surface area contributed by atoms with Crippen molar-refractivity contribution in [2.45, 2.75) is 32.7 Å². The van der Waals surface area contributed by atoms with Gasteiger partial charge >= 0.3 is 5.97 Å². The number of methoxy groups -OCH3 is 1. The summed E-state index contributed by atoms with van der Waals surface area (Å²) < 4.78 is 4.50. The Morgan fingerprint density at radius 1 is 1.19 bits per heavy atom. The summed E-state index contributed by atoms with van der Waals surface area (Å²) in [6.07, 6.45) is 0.121. The third kappa shape index (κ3) is 5.25. The molecule has 6 heteroatoms. The van der Waals surface area contributed by atoms with Gasteiger partial charge in [-0.15, -0.1) is 0 Å². The maximum absolute atomic E-state index is 12.1. The van der Waals surface area contributed by atoms with Crippen molar-refractivity contribution in [2.75, 3.05) is 7.11 Å². The Hall–Kier alpha value is -2.37. The standard InChI is InChI=1S/C15H20N2O4/c1-9-6-10(2)8-11(7-9)15(20)17-12(14(16)19)4-5-13(18)21-3/h6-8,12H,4-5H2,1-3H3,(H2,16,19)(H,17,20)/t12-/m0/s1. The summed E-state index contributed by atoms with van der Waals surface area (Å²) in [6.45, 7) is 3.76. The van der Waals surface area contributed by atoms with E-state index in [1.165, 1.54) is 7.11 Å². The predicted octanol–water partition coefficient (Wildman–Crippen LogP) is 0.840. The van der Waals surface area contributed by atoms with Crippen LogP contribution in [0.1, 0.15) is 34.3 Å². The number of carbonyl (C=O) groups is 3. The largest absolute Gasteiger partial charge is 0.469 e. The SMILES string of the molecule is COC(=O)CC[C@H](NC(=O)c1cc(C)cc(C)c1)C(N)=O. The van der Waals surface area contributed by atoms with Crippen LogP contribution in [0, 0.1) is 13.8 Å². The molecule has 0 heterocycles. The average molecular weight is 292 g/mol. The predicted molar refractivity (Wildman–Crippen MR) is 77.6 cm³/mol. The van der Waals surface area contributed by atoms with Gasteiger partial charge in [0.25, 0.3) is 5.91 Å². The highest BCUT2D eigenvalue weighted by Crippen LogP contribution is 2.09. The van der Waals surface area contributed by atoms with Crippen LogP contribution in [0.5, 0.6) is 0 Å². The lowest BCUT2D eigenvalue weighted by atomic mass is 10.1. The maximum atomic E-state index is 12.1. The van der Waals surface area contributed by atoms with Crippen molar-refractivity contribution in [2.24, 2.45) is 5.73 Å². The monoisotopic (exact) mass is 292 g/mol. The number of carbonyl (C=O) groups excluding carboxylic acids is 3. The number of benzene rings is 1. The summed E-state index contributed by atoms with van der Waals surface area (Å²) >= 11 is 0. The van der Waals surface area contributed by atoms with Gasteiger partial charge in [-0.1, -0.05) is 17.2 Å². The van der Waals surface area contributed by atoms with Crippen LogP contribution in [-0.2, 0) is 14.3 Å². The molecule has 0 aliphatic heterocycles. The Labute approximate surface area is 123 Å². The highest BCUT2D eigenvalue weighted by atomic mass is 16.5. The first-order valence-electron chi connectivity index (χ1n) is 6.58. The number of hydrogen-bond donors (Lipinski definition) is 2. The Morgan fingerprint density at radius 3 is 2.24 bits per heavy atom.